The van der Waals surface area contributed by atoms with Gasteiger partial charge in [-0.05, 0) is 32.4 Å². The van der Waals surface area contributed by atoms with E-state index < -0.39 is 0 Å². The van der Waals surface area contributed by atoms with E-state index >= 15 is 0 Å². The Morgan fingerprint density at radius 2 is 2.53 bits per heavy atom. The molecule has 1 N–H and O–H groups in total. The normalized spacial score (nSPS) is 20.2. The molecule has 4 heteroatoms. The molecule has 17 heavy (non-hydrogen) atoms. The van der Waals surface area contributed by atoms with Gasteiger partial charge in [0.05, 0.1) is 12.7 Å². The Bertz CT molecular complexity index is 294. The van der Waals surface area contributed by atoms with Crippen molar-refractivity contribution >= 4 is 0 Å². The molecular weight excluding hydrogens is 214 g/mol. The predicted octanol–water partition coefficient (Wildman–Crippen LogP) is 2.03. The molecule has 1 aliphatic heterocycles. The van der Waals surface area contributed by atoms with E-state index in [1.54, 1.807) is 6.20 Å². The molecule has 0 spiro atoms. The van der Waals surface area contributed by atoms with Crippen LogP contribution >= 0.6 is 0 Å². The van der Waals surface area contributed by atoms with Crippen LogP contribution < -0.4 is 5.32 Å². The van der Waals surface area contributed by atoms with Crippen LogP contribution in [-0.2, 0) is 6.54 Å². The number of hydrogen-bond donors (Lipinski definition) is 1. The van der Waals surface area contributed by atoms with Crippen molar-refractivity contribution in [3.63, 3.8) is 0 Å². The monoisotopic (exact) mass is 237 g/mol. The average molecular weight is 237 g/mol. The van der Waals surface area contributed by atoms with Gasteiger partial charge in [-0.15, -0.1) is 0 Å². The Morgan fingerprint density at radius 3 is 3.18 bits per heavy atom. The van der Waals surface area contributed by atoms with Gasteiger partial charge in [0.25, 0.3) is 0 Å². The highest BCUT2D eigenvalue weighted by atomic mass is 16.5. The lowest BCUT2D eigenvalue weighted by Crippen LogP contribution is -2.37. The highest BCUT2D eigenvalue weighted by molar-refractivity contribution is 4.93. The second kappa shape index (κ2) is 6.77. The highest BCUT2D eigenvalue weighted by Crippen LogP contribution is 2.11. The van der Waals surface area contributed by atoms with Crippen molar-refractivity contribution in [2.45, 2.75) is 45.2 Å². The molecule has 1 atom stereocenters. The molecule has 0 saturated carbocycles. The van der Waals surface area contributed by atoms with Gasteiger partial charge < -0.3 is 9.84 Å². The number of hydrogen-bond acceptors (Lipinski definition) is 4. The number of rotatable bonds is 7. The summed E-state index contributed by atoms with van der Waals surface area (Å²) in [6, 6.07) is 2.62. The molecule has 0 aliphatic carbocycles. The van der Waals surface area contributed by atoms with E-state index in [0.29, 0.717) is 6.04 Å². The standard InChI is InChI=1S/C13H23N3O/c1-2-3-9-16(10-12-5-4-7-14-12)11-13-6-8-15-17-13/h6,8,12,14H,2-5,7,9-11H2,1H3. The maximum absolute atomic E-state index is 5.20. The number of nitrogens with zero attached hydrogens (tertiary/aromatic N) is 2. The van der Waals surface area contributed by atoms with Gasteiger partial charge in [0.1, 0.15) is 0 Å². The minimum absolute atomic E-state index is 0.662. The fourth-order valence-corrected chi connectivity index (χ4v) is 2.38. The van der Waals surface area contributed by atoms with Crippen molar-refractivity contribution < 1.29 is 4.52 Å². The zero-order valence-electron chi connectivity index (χ0n) is 10.7. The molecule has 1 saturated heterocycles. The van der Waals surface area contributed by atoms with Crippen molar-refractivity contribution in [2.24, 2.45) is 0 Å². The van der Waals surface area contributed by atoms with Crippen molar-refractivity contribution in [1.29, 1.82) is 0 Å². The predicted molar refractivity (Wildman–Crippen MR) is 67.7 cm³/mol. The Labute approximate surface area is 103 Å². The first-order valence-corrected chi connectivity index (χ1v) is 6.73. The van der Waals surface area contributed by atoms with Crippen molar-refractivity contribution in [2.75, 3.05) is 19.6 Å². The van der Waals surface area contributed by atoms with Crippen LogP contribution in [0.1, 0.15) is 38.4 Å². The summed E-state index contributed by atoms with van der Waals surface area (Å²) in [5.41, 5.74) is 0. The van der Waals surface area contributed by atoms with Crippen LogP contribution in [0.3, 0.4) is 0 Å². The maximum Gasteiger partial charge on any atom is 0.150 e. The molecule has 2 rings (SSSR count). The lowest BCUT2D eigenvalue weighted by Gasteiger charge is -2.24. The molecule has 1 aromatic rings. The van der Waals surface area contributed by atoms with Crippen molar-refractivity contribution in [3.8, 4) is 0 Å². The summed E-state index contributed by atoms with van der Waals surface area (Å²) in [5.74, 6) is 0.971. The van der Waals surface area contributed by atoms with Crippen LogP contribution in [0.25, 0.3) is 0 Å². The van der Waals surface area contributed by atoms with Crippen LogP contribution in [0.5, 0.6) is 0 Å². The molecule has 2 heterocycles. The summed E-state index contributed by atoms with van der Waals surface area (Å²) in [6.07, 6.45) is 6.83. The molecule has 0 radical (unpaired) electrons. The molecule has 1 unspecified atom stereocenters. The second-order valence-corrected chi connectivity index (χ2v) is 4.86. The summed E-state index contributed by atoms with van der Waals surface area (Å²) in [7, 11) is 0. The summed E-state index contributed by atoms with van der Waals surface area (Å²) in [5, 5.41) is 7.33. The fourth-order valence-electron chi connectivity index (χ4n) is 2.38. The van der Waals surface area contributed by atoms with E-state index in [1.165, 1.54) is 32.2 Å². The van der Waals surface area contributed by atoms with Gasteiger partial charge >= 0.3 is 0 Å². The third-order valence-corrected chi connectivity index (χ3v) is 3.34. The Kier molecular flexibility index (Phi) is 5.01. The maximum atomic E-state index is 5.20. The molecule has 1 aliphatic rings. The Balaban J connectivity index is 1.83. The lowest BCUT2D eigenvalue weighted by molar-refractivity contribution is 0.211. The first-order chi connectivity index (χ1) is 8.38. The van der Waals surface area contributed by atoms with Gasteiger partial charge in [-0.2, -0.15) is 0 Å². The largest absolute Gasteiger partial charge is 0.360 e. The van der Waals surface area contributed by atoms with Crippen LogP contribution in [0.2, 0.25) is 0 Å². The summed E-state index contributed by atoms with van der Waals surface area (Å²) < 4.78 is 5.20. The highest BCUT2D eigenvalue weighted by Gasteiger charge is 2.18. The third kappa shape index (κ3) is 4.13. The molecule has 96 valence electrons. The Hall–Kier alpha value is -0.870. The van der Waals surface area contributed by atoms with Crippen LogP contribution in [-0.4, -0.2) is 35.7 Å². The van der Waals surface area contributed by atoms with Crippen molar-refractivity contribution in [3.05, 3.63) is 18.0 Å². The topological polar surface area (TPSA) is 41.3 Å². The first-order valence-electron chi connectivity index (χ1n) is 6.73. The molecule has 1 fully saturated rings. The number of unbranched alkanes of at least 4 members (excludes halogenated alkanes) is 1. The smallest absolute Gasteiger partial charge is 0.150 e. The van der Waals surface area contributed by atoms with E-state index in [2.05, 4.69) is 22.3 Å². The summed E-state index contributed by atoms with van der Waals surface area (Å²) >= 11 is 0. The van der Waals surface area contributed by atoms with Gasteiger partial charge in [0.15, 0.2) is 5.76 Å². The van der Waals surface area contributed by atoms with E-state index in [-0.39, 0.29) is 0 Å². The van der Waals surface area contributed by atoms with E-state index in [4.69, 9.17) is 4.52 Å². The quantitative estimate of drug-likeness (QED) is 0.788. The zero-order chi connectivity index (χ0) is 11.9. The SMILES string of the molecule is CCCCN(Cc1ccno1)CC1CCCN1. The molecule has 0 bridgehead atoms. The van der Waals surface area contributed by atoms with Gasteiger partial charge in [-0.1, -0.05) is 18.5 Å². The average Bonchev–Trinajstić information content (AvgIpc) is 2.99. The van der Waals surface area contributed by atoms with Crippen LogP contribution in [0.15, 0.2) is 16.8 Å². The van der Waals surface area contributed by atoms with E-state index in [9.17, 15) is 0 Å². The summed E-state index contributed by atoms with van der Waals surface area (Å²) in [4.78, 5) is 2.48. The molecule has 1 aromatic heterocycles. The van der Waals surface area contributed by atoms with Gasteiger partial charge in [0, 0.05) is 18.7 Å². The van der Waals surface area contributed by atoms with Crippen molar-refractivity contribution in [1.82, 2.24) is 15.4 Å². The van der Waals surface area contributed by atoms with Gasteiger partial charge in [0.2, 0.25) is 0 Å². The van der Waals surface area contributed by atoms with Gasteiger partial charge in [-0.3, -0.25) is 4.90 Å². The minimum Gasteiger partial charge on any atom is -0.360 e. The van der Waals surface area contributed by atoms with E-state index in [0.717, 1.165) is 25.4 Å². The van der Waals surface area contributed by atoms with E-state index in [1.807, 2.05) is 6.07 Å². The minimum atomic E-state index is 0.662. The molecular formula is C13H23N3O. The van der Waals surface area contributed by atoms with Gasteiger partial charge in [-0.25, -0.2) is 0 Å². The fraction of sp³-hybridized carbons (Fsp3) is 0.769. The molecule has 4 nitrogen and oxygen atoms in total. The zero-order valence-corrected chi connectivity index (χ0v) is 10.7. The lowest BCUT2D eigenvalue weighted by atomic mass is 10.2. The second-order valence-electron chi connectivity index (χ2n) is 4.86. The Morgan fingerprint density at radius 1 is 1.59 bits per heavy atom. The van der Waals surface area contributed by atoms with Crippen LogP contribution in [0, 0.1) is 0 Å². The number of nitrogens with one attached hydrogen (secondary N) is 1. The number of aromatic nitrogens is 1. The summed E-state index contributed by atoms with van der Waals surface area (Å²) in [6.45, 7) is 6.57. The molecule has 0 amide bonds. The first kappa shape index (κ1) is 12.6. The third-order valence-electron chi connectivity index (χ3n) is 3.34. The molecule has 0 aromatic carbocycles. The van der Waals surface area contributed by atoms with Crippen LogP contribution in [0.4, 0.5) is 0 Å².